The highest BCUT2D eigenvalue weighted by molar-refractivity contribution is 6.30. The monoisotopic (exact) mass is 240 g/mol. The van der Waals surface area contributed by atoms with Crippen molar-refractivity contribution in [3.8, 4) is 0 Å². The molecule has 0 aliphatic heterocycles. The Bertz CT molecular complexity index is 284. The molecule has 1 rings (SSSR count). The minimum atomic E-state index is 0.684. The third-order valence-corrected chi connectivity index (χ3v) is 3.07. The number of nitrogens with one attached hydrogen (secondary N) is 1. The predicted molar refractivity (Wildman–Crippen MR) is 71.0 cm³/mol. The molecule has 0 spiro atoms. The summed E-state index contributed by atoms with van der Waals surface area (Å²) in [5, 5.41) is 4.05. The minimum Gasteiger partial charge on any atom is -0.370 e. The lowest BCUT2D eigenvalue weighted by atomic mass is 9.99. The number of halogens is 1. The maximum atomic E-state index is 5.78. The van der Waals surface area contributed by atoms with Crippen LogP contribution in [0.25, 0.3) is 0 Å². The van der Waals surface area contributed by atoms with Gasteiger partial charge in [0.05, 0.1) is 5.02 Å². The third kappa shape index (κ3) is 4.84. The summed E-state index contributed by atoms with van der Waals surface area (Å²) in [5.74, 6) is 1.66. The van der Waals surface area contributed by atoms with Crippen LogP contribution in [0, 0.1) is 5.92 Å². The molecular formula is C13H21ClN2. The molecule has 0 aromatic carbocycles. The Labute approximate surface area is 103 Å². The zero-order valence-corrected chi connectivity index (χ0v) is 10.9. The van der Waals surface area contributed by atoms with Gasteiger partial charge in [0.2, 0.25) is 0 Å². The molecule has 0 aliphatic carbocycles. The first kappa shape index (κ1) is 13.3. The van der Waals surface area contributed by atoms with E-state index in [-0.39, 0.29) is 0 Å². The van der Waals surface area contributed by atoms with Gasteiger partial charge in [-0.05, 0) is 24.5 Å². The van der Waals surface area contributed by atoms with Crippen LogP contribution in [0.2, 0.25) is 5.02 Å². The van der Waals surface area contributed by atoms with E-state index in [1.165, 1.54) is 25.7 Å². The van der Waals surface area contributed by atoms with Crippen molar-refractivity contribution in [2.24, 2.45) is 5.92 Å². The van der Waals surface area contributed by atoms with Crippen molar-refractivity contribution in [2.75, 3.05) is 11.9 Å². The average molecular weight is 241 g/mol. The Morgan fingerprint density at radius 2 is 2.19 bits per heavy atom. The molecule has 1 aromatic rings. The van der Waals surface area contributed by atoms with Crippen molar-refractivity contribution in [1.82, 2.24) is 4.98 Å². The number of unbranched alkanes of at least 4 members (excludes halogenated alkanes) is 1. The summed E-state index contributed by atoms with van der Waals surface area (Å²) >= 11 is 5.78. The summed E-state index contributed by atoms with van der Waals surface area (Å²) in [5.41, 5.74) is 0. The van der Waals surface area contributed by atoms with Crippen molar-refractivity contribution < 1.29 is 0 Å². The van der Waals surface area contributed by atoms with Crippen LogP contribution in [0.4, 0.5) is 5.82 Å². The van der Waals surface area contributed by atoms with Crippen LogP contribution in [-0.2, 0) is 0 Å². The molecule has 1 aromatic heterocycles. The molecule has 0 fully saturated rings. The van der Waals surface area contributed by atoms with Gasteiger partial charge in [0, 0.05) is 12.7 Å². The summed E-state index contributed by atoms with van der Waals surface area (Å²) < 4.78 is 0. The molecule has 0 saturated heterocycles. The number of anilines is 1. The normalized spacial score (nSPS) is 12.4. The van der Waals surface area contributed by atoms with Gasteiger partial charge < -0.3 is 5.32 Å². The summed E-state index contributed by atoms with van der Waals surface area (Å²) in [7, 11) is 0. The molecule has 2 nitrogen and oxygen atoms in total. The lowest BCUT2D eigenvalue weighted by molar-refractivity contribution is 0.472. The van der Waals surface area contributed by atoms with Crippen LogP contribution in [-0.4, -0.2) is 11.5 Å². The Morgan fingerprint density at radius 3 is 2.75 bits per heavy atom. The molecule has 3 heteroatoms. The molecule has 0 aliphatic rings. The number of aromatic nitrogens is 1. The molecule has 1 heterocycles. The average Bonchev–Trinajstić information content (AvgIpc) is 2.32. The molecule has 16 heavy (non-hydrogen) atoms. The standard InChI is InChI=1S/C13H21ClN2/c1-3-5-6-11(4-2)9-15-13-8-7-12(14)10-16-13/h7-8,10-11H,3-6,9H2,1-2H3,(H,15,16). The highest BCUT2D eigenvalue weighted by atomic mass is 35.5. The van der Waals surface area contributed by atoms with Crippen LogP contribution in [0.15, 0.2) is 18.3 Å². The van der Waals surface area contributed by atoms with E-state index in [0.717, 1.165) is 18.3 Å². The van der Waals surface area contributed by atoms with E-state index in [4.69, 9.17) is 11.6 Å². The highest BCUT2D eigenvalue weighted by Crippen LogP contribution is 2.14. The van der Waals surface area contributed by atoms with E-state index < -0.39 is 0 Å². The summed E-state index contributed by atoms with van der Waals surface area (Å²) in [6.45, 7) is 5.49. The van der Waals surface area contributed by atoms with Crippen LogP contribution in [0.1, 0.15) is 39.5 Å². The Hall–Kier alpha value is -0.760. The molecule has 90 valence electrons. The highest BCUT2D eigenvalue weighted by Gasteiger charge is 2.05. The SMILES string of the molecule is CCCCC(CC)CNc1ccc(Cl)cn1. The second-order valence-electron chi connectivity index (χ2n) is 4.16. The smallest absolute Gasteiger partial charge is 0.125 e. The summed E-state index contributed by atoms with van der Waals surface area (Å²) in [4.78, 5) is 4.22. The Morgan fingerprint density at radius 1 is 1.38 bits per heavy atom. The zero-order valence-electron chi connectivity index (χ0n) is 10.2. The van der Waals surface area contributed by atoms with Gasteiger partial charge in [0.15, 0.2) is 0 Å². The molecule has 1 atom stereocenters. The number of rotatable bonds is 7. The second kappa shape index (κ2) is 7.50. The van der Waals surface area contributed by atoms with E-state index in [2.05, 4.69) is 24.1 Å². The van der Waals surface area contributed by atoms with Crippen molar-refractivity contribution in [3.05, 3.63) is 23.4 Å². The van der Waals surface area contributed by atoms with Gasteiger partial charge in [0.25, 0.3) is 0 Å². The van der Waals surface area contributed by atoms with Crippen molar-refractivity contribution >= 4 is 17.4 Å². The zero-order chi connectivity index (χ0) is 11.8. The first-order valence-electron chi connectivity index (χ1n) is 6.11. The van der Waals surface area contributed by atoms with Gasteiger partial charge in [-0.2, -0.15) is 0 Å². The van der Waals surface area contributed by atoms with E-state index in [1.54, 1.807) is 6.20 Å². The topological polar surface area (TPSA) is 24.9 Å². The Kier molecular flexibility index (Phi) is 6.24. The lowest BCUT2D eigenvalue weighted by Crippen LogP contribution is -2.14. The van der Waals surface area contributed by atoms with E-state index >= 15 is 0 Å². The van der Waals surface area contributed by atoms with E-state index in [9.17, 15) is 0 Å². The number of hydrogen-bond donors (Lipinski definition) is 1. The van der Waals surface area contributed by atoms with Gasteiger partial charge in [-0.25, -0.2) is 4.98 Å². The van der Waals surface area contributed by atoms with E-state index in [0.29, 0.717) is 5.02 Å². The number of hydrogen-bond acceptors (Lipinski definition) is 2. The third-order valence-electron chi connectivity index (χ3n) is 2.84. The second-order valence-corrected chi connectivity index (χ2v) is 4.60. The molecule has 0 radical (unpaired) electrons. The summed E-state index contributed by atoms with van der Waals surface area (Å²) in [6.07, 6.45) is 6.79. The molecule has 1 unspecified atom stereocenters. The number of nitrogens with zero attached hydrogens (tertiary/aromatic N) is 1. The first-order valence-corrected chi connectivity index (χ1v) is 6.49. The van der Waals surface area contributed by atoms with Crippen LogP contribution < -0.4 is 5.32 Å². The van der Waals surface area contributed by atoms with Gasteiger partial charge in [-0.1, -0.05) is 44.7 Å². The molecular weight excluding hydrogens is 220 g/mol. The molecule has 0 bridgehead atoms. The quantitative estimate of drug-likeness (QED) is 0.766. The molecule has 0 amide bonds. The van der Waals surface area contributed by atoms with Crippen molar-refractivity contribution in [1.29, 1.82) is 0 Å². The van der Waals surface area contributed by atoms with Crippen LogP contribution in [0.3, 0.4) is 0 Å². The van der Waals surface area contributed by atoms with Crippen molar-refractivity contribution in [2.45, 2.75) is 39.5 Å². The predicted octanol–water partition coefficient (Wildman–Crippen LogP) is 4.36. The van der Waals surface area contributed by atoms with Crippen LogP contribution >= 0.6 is 11.6 Å². The molecule has 0 saturated carbocycles. The van der Waals surface area contributed by atoms with Gasteiger partial charge in [-0.3, -0.25) is 0 Å². The fourth-order valence-corrected chi connectivity index (χ4v) is 1.78. The van der Waals surface area contributed by atoms with E-state index in [1.807, 2.05) is 12.1 Å². The number of pyridine rings is 1. The largest absolute Gasteiger partial charge is 0.370 e. The van der Waals surface area contributed by atoms with Crippen LogP contribution in [0.5, 0.6) is 0 Å². The fourth-order valence-electron chi connectivity index (χ4n) is 1.67. The van der Waals surface area contributed by atoms with Crippen molar-refractivity contribution in [3.63, 3.8) is 0 Å². The van der Waals surface area contributed by atoms with Gasteiger partial charge in [-0.15, -0.1) is 0 Å². The maximum Gasteiger partial charge on any atom is 0.125 e. The fraction of sp³-hybridized carbons (Fsp3) is 0.615. The lowest BCUT2D eigenvalue weighted by Gasteiger charge is -2.15. The Balaban J connectivity index is 2.34. The minimum absolute atomic E-state index is 0.684. The maximum absolute atomic E-state index is 5.78. The molecule has 1 N–H and O–H groups in total. The van der Waals surface area contributed by atoms with Gasteiger partial charge >= 0.3 is 0 Å². The summed E-state index contributed by atoms with van der Waals surface area (Å²) in [6, 6.07) is 3.79. The first-order chi connectivity index (χ1) is 7.76. The van der Waals surface area contributed by atoms with Gasteiger partial charge in [0.1, 0.15) is 5.82 Å².